The SMILES string of the molecule is CCNC(=NCCN1CCc2ccccc2C1)N1CCN(C(C)=O)CC1.I. The predicted molar refractivity (Wildman–Crippen MR) is 121 cm³/mol. The lowest BCUT2D eigenvalue weighted by molar-refractivity contribution is -0.130. The maximum atomic E-state index is 11.5. The van der Waals surface area contributed by atoms with Crippen molar-refractivity contribution in [3.63, 3.8) is 0 Å². The highest BCUT2D eigenvalue weighted by molar-refractivity contribution is 14.0. The van der Waals surface area contributed by atoms with Gasteiger partial charge in [-0.3, -0.25) is 14.7 Å². The first-order valence-corrected chi connectivity index (χ1v) is 9.75. The van der Waals surface area contributed by atoms with Crippen molar-refractivity contribution in [1.29, 1.82) is 0 Å². The lowest BCUT2D eigenvalue weighted by Crippen LogP contribution is -2.53. The van der Waals surface area contributed by atoms with E-state index in [2.05, 4.69) is 46.3 Å². The molecule has 0 radical (unpaired) electrons. The number of carbonyl (C=O) groups excluding carboxylic acids is 1. The number of benzene rings is 1. The summed E-state index contributed by atoms with van der Waals surface area (Å²) in [6.07, 6.45) is 1.13. The third kappa shape index (κ3) is 6.07. The van der Waals surface area contributed by atoms with Gasteiger partial charge in [0.2, 0.25) is 5.91 Å². The summed E-state index contributed by atoms with van der Waals surface area (Å²) >= 11 is 0. The molecule has 1 amide bonds. The van der Waals surface area contributed by atoms with E-state index in [1.807, 2.05) is 4.90 Å². The van der Waals surface area contributed by atoms with Gasteiger partial charge in [0.05, 0.1) is 6.54 Å². The van der Waals surface area contributed by atoms with Crippen molar-refractivity contribution in [1.82, 2.24) is 20.0 Å². The molecular formula is C20H32IN5O. The lowest BCUT2D eigenvalue weighted by atomic mass is 10.00. The van der Waals surface area contributed by atoms with E-state index in [0.29, 0.717) is 0 Å². The third-order valence-electron chi connectivity index (χ3n) is 5.25. The third-order valence-corrected chi connectivity index (χ3v) is 5.25. The highest BCUT2D eigenvalue weighted by Crippen LogP contribution is 2.17. The number of hydrogen-bond donors (Lipinski definition) is 1. The molecule has 6 nitrogen and oxygen atoms in total. The first-order valence-electron chi connectivity index (χ1n) is 9.75. The largest absolute Gasteiger partial charge is 0.357 e. The molecule has 2 aliphatic heterocycles. The number of aliphatic imine (C=N–C) groups is 1. The molecule has 0 spiro atoms. The Bertz CT molecular complexity index is 643. The smallest absolute Gasteiger partial charge is 0.219 e. The van der Waals surface area contributed by atoms with Crippen LogP contribution < -0.4 is 5.32 Å². The van der Waals surface area contributed by atoms with Crippen molar-refractivity contribution in [2.45, 2.75) is 26.8 Å². The molecule has 2 aliphatic rings. The van der Waals surface area contributed by atoms with E-state index in [9.17, 15) is 4.79 Å². The van der Waals surface area contributed by atoms with E-state index in [1.165, 1.54) is 11.1 Å². The fourth-order valence-electron chi connectivity index (χ4n) is 3.70. The van der Waals surface area contributed by atoms with Crippen LogP contribution in [0.15, 0.2) is 29.3 Å². The monoisotopic (exact) mass is 485 g/mol. The van der Waals surface area contributed by atoms with Crippen molar-refractivity contribution in [3.8, 4) is 0 Å². The Morgan fingerprint density at radius 1 is 1.07 bits per heavy atom. The molecule has 0 unspecified atom stereocenters. The number of rotatable bonds is 4. The molecule has 3 rings (SSSR count). The number of amides is 1. The topological polar surface area (TPSA) is 51.2 Å². The average Bonchev–Trinajstić information content (AvgIpc) is 2.67. The molecule has 0 aliphatic carbocycles. The summed E-state index contributed by atoms with van der Waals surface area (Å²) < 4.78 is 0. The second-order valence-electron chi connectivity index (χ2n) is 7.02. The number of carbonyl (C=O) groups is 1. The zero-order valence-corrected chi connectivity index (χ0v) is 18.8. The summed E-state index contributed by atoms with van der Waals surface area (Å²) in [7, 11) is 0. The Kier molecular flexibility index (Phi) is 8.82. The Labute approximate surface area is 180 Å². The minimum Gasteiger partial charge on any atom is -0.357 e. The van der Waals surface area contributed by atoms with Gasteiger partial charge in [-0.1, -0.05) is 24.3 Å². The van der Waals surface area contributed by atoms with Crippen molar-refractivity contribution in [2.75, 3.05) is 52.4 Å². The summed E-state index contributed by atoms with van der Waals surface area (Å²) in [6.45, 7) is 11.8. The van der Waals surface area contributed by atoms with Crippen molar-refractivity contribution in [3.05, 3.63) is 35.4 Å². The summed E-state index contributed by atoms with van der Waals surface area (Å²) in [4.78, 5) is 23.0. The molecule has 0 bridgehead atoms. The molecule has 2 heterocycles. The minimum absolute atomic E-state index is 0. The molecule has 0 atom stereocenters. The van der Waals surface area contributed by atoms with Gasteiger partial charge in [-0.05, 0) is 24.5 Å². The number of nitrogens with one attached hydrogen (secondary N) is 1. The molecule has 7 heteroatoms. The van der Waals surface area contributed by atoms with Gasteiger partial charge >= 0.3 is 0 Å². The van der Waals surface area contributed by atoms with Crippen LogP contribution in [0.1, 0.15) is 25.0 Å². The van der Waals surface area contributed by atoms with Crippen LogP contribution in [0.3, 0.4) is 0 Å². The van der Waals surface area contributed by atoms with Crippen molar-refractivity contribution < 1.29 is 4.79 Å². The van der Waals surface area contributed by atoms with Gasteiger partial charge in [0.25, 0.3) is 0 Å². The quantitative estimate of drug-likeness (QED) is 0.402. The van der Waals surface area contributed by atoms with Crippen LogP contribution in [-0.4, -0.2) is 78.9 Å². The summed E-state index contributed by atoms with van der Waals surface area (Å²) in [5.41, 5.74) is 2.94. The number of piperazine rings is 1. The molecule has 0 saturated carbocycles. The number of fused-ring (bicyclic) bond motifs is 1. The molecule has 1 fully saturated rings. The standard InChI is InChI=1S/C20H31N5O.HI/c1-3-21-20(25-14-12-24(13-15-25)17(2)26)22-9-11-23-10-8-18-6-4-5-7-19(18)16-23;/h4-7H,3,8-16H2,1-2H3,(H,21,22);1H. The maximum absolute atomic E-state index is 11.5. The predicted octanol–water partition coefficient (Wildman–Crippen LogP) is 1.79. The molecule has 1 saturated heterocycles. The number of nitrogens with zero attached hydrogens (tertiary/aromatic N) is 4. The zero-order valence-electron chi connectivity index (χ0n) is 16.5. The normalized spacial score (nSPS) is 17.9. The van der Waals surface area contributed by atoms with E-state index >= 15 is 0 Å². The van der Waals surface area contributed by atoms with Crippen molar-refractivity contribution >= 4 is 35.8 Å². The molecule has 0 aromatic heterocycles. The second kappa shape index (κ2) is 10.8. The number of guanidine groups is 1. The maximum Gasteiger partial charge on any atom is 0.219 e. The highest BCUT2D eigenvalue weighted by atomic mass is 127. The van der Waals surface area contributed by atoms with Gasteiger partial charge in [-0.15, -0.1) is 24.0 Å². The molecule has 1 aromatic carbocycles. The number of hydrogen-bond acceptors (Lipinski definition) is 3. The Morgan fingerprint density at radius 2 is 1.74 bits per heavy atom. The molecule has 1 aromatic rings. The highest BCUT2D eigenvalue weighted by Gasteiger charge is 2.21. The van der Waals surface area contributed by atoms with E-state index < -0.39 is 0 Å². The van der Waals surface area contributed by atoms with Gasteiger partial charge in [-0.2, -0.15) is 0 Å². The fourth-order valence-corrected chi connectivity index (χ4v) is 3.70. The van der Waals surface area contributed by atoms with Crippen LogP contribution in [0.5, 0.6) is 0 Å². The van der Waals surface area contributed by atoms with E-state index in [0.717, 1.165) is 71.3 Å². The molecular weight excluding hydrogens is 453 g/mol. The first kappa shape index (κ1) is 21.9. The van der Waals surface area contributed by atoms with Crippen molar-refractivity contribution in [2.24, 2.45) is 4.99 Å². The van der Waals surface area contributed by atoms with E-state index in [1.54, 1.807) is 6.92 Å². The summed E-state index contributed by atoms with van der Waals surface area (Å²) in [5, 5.41) is 3.40. The van der Waals surface area contributed by atoms with Crippen LogP contribution in [0.2, 0.25) is 0 Å². The average molecular weight is 485 g/mol. The van der Waals surface area contributed by atoms with Gasteiger partial charge in [0, 0.05) is 59.3 Å². The van der Waals surface area contributed by atoms with E-state index in [4.69, 9.17) is 4.99 Å². The lowest BCUT2D eigenvalue weighted by Gasteiger charge is -2.36. The van der Waals surface area contributed by atoms with Gasteiger partial charge in [-0.25, -0.2) is 0 Å². The molecule has 150 valence electrons. The zero-order chi connectivity index (χ0) is 18.4. The summed E-state index contributed by atoms with van der Waals surface area (Å²) in [5.74, 6) is 1.14. The first-order chi connectivity index (χ1) is 12.7. The minimum atomic E-state index is 0. The Balaban J connectivity index is 0.00000261. The number of halogens is 1. The van der Waals surface area contributed by atoms with Crippen LogP contribution in [0, 0.1) is 0 Å². The van der Waals surface area contributed by atoms with Gasteiger partial charge < -0.3 is 15.1 Å². The Hall–Kier alpha value is -1.35. The van der Waals surface area contributed by atoms with Gasteiger partial charge in [0.1, 0.15) is 0 Å². The fraction of sp³-hybridized carbons (Fsp3) is 0.600. The molecule has 27 heavy (non-hydrogen) atoms. The second-order valence-corrected chi connectivity index (χ2v) is 7.02. The van der Waals surface area contributed by atoms with Gasteiger partial charge in [0.15, 0.2) is 5.96 Å². The van der Waals surface area contributed by atoms with E-state index in [-0.39, 0.29) is 29.9 Å². The van der Waals surface area contributed by atoms with Crippen LogP contribution in [-0.2, 0) is 17.8 Å². The molecule has 1 N–H and O–H groups in total. The van der Waals surface area contributed by atoms with Crippen LogP contribution in [0.25, 0.3) is 0 Å². The summed E-state index contributed by atoms with van der Waals surface area (Å²) in [6, 6.07) is 8.75. The van der Waals surface area contributed by atoms with Crippen LogP contribution in [0.4, 0.5) is 0 Å². The van der Waals surface area contributed by atoms with Crippen LogP contribution >= 0.6 is 24.0 Å². The Morgan fingerprint density at radius 3 is 2.41 bits per heavy atom.